The van der Waals surface area contributed by atoms with E-state index in [-0.39, 0.29) is 11.1 Å². The van der Waals surface area contributed by atoms with Crippen LogP contribution in [0.2, 0.25) is 10.0 Å². The van der Waals surface area contributed by atoms with Crippen molar-refractivity contribution in [1.82, 2.24) is 0 Å². The van der Waals surface area contributed by atoms with Crippen molar-refractivity contribution in [3.63, 3.8) is 0 Å². The summed E-state index contributed by atoms with van der Waals surface area (Å²) in [7, 11) is 0. The summed E-state index contributed by atoms with van der Waals surface area (Å²) in [5.41, 5.74) is 0.0668. The van der Waals surface area contributed by atoms with Gasteiger partial charge in [-0.05, 0) is 38.8 Å². The zero-order valence-electron chi connectivity index (χ0n) is 17.7. The molecule has 0 saturated carbocycles. The summed E-state index contributed by atoms with van der Waals surface area (Å²) in [5.74, 6) is 2.11. The van der Waals surface area contributed by atoms with Crippen LogP contribution in [0.5, 0.6) is 23.0 Å². The van der Waals surface area contributed by atoms with E-state index >= 15 is 0 Å². The molecular formula is C23H24Cl4O5. The average molecular weight is 522 g/mol. The molecule has 1 aliphatic rings. The molecule has 0 aliphatic carbocycles. The van der Waals surface area contributed by atoms with Crippen LogP contribution in [-0.2, 0) is 0 Å². The number of aliphatic hydroxyl groups is 1. The second kappa shape index (κ2) is 11.1. The van der Waals surface area contributed by atoms with Gasteiger partial charge in [-0.2, -0.15) is 0 Å². The highest BCUT2D eigenvalue weighted by atomic mass is 35.5. The normalized spacial score (nSPS) is 16.2. The van der Waals surface area contributed by atoms with E-state index in [0.29, 0.717) is 46.3 Å². The molecule has 3 rings (SSSR count). The highest BCUT2D eigenvalue weighted by molar-refractivity contribution is 6.55. The Labute approximate surface area is 207 Å². The third-order valence-corrected chi connectivity index (χ3v) is 5.70. The first-order valence-corrected chi connectivity index (χ1v) is 11.6. The summed E-state index contributed by atoms with van der Waals surface area (Å²) in [5, 5.41) is 11.1. The molecule has 2 aromatic rings. The summed E-state index contributed by atoms with van der Waals surface area (Å²) in [6.07, 6.45) is 2.30. The lowest BCUT2D eigenvalue weighted by molar-refractivity contribution is -0.000488. The summed E-state index contributed by atoms with van der Waals surface area (Å²) in [6, 6.07) is 8.78. The molecule has 1 unspecified atom stereocenters. The second-order valence-corrected chi connectivity index (χ2v) is 9.53. The minimum Gasteiger partial charge on any atom is -0.490 e. The average Bonchev–Trinajstić information content (AvgIpc) is 2.95. The monoisotopic (exact) mass is 520 g/mol. The molecule has 0 saturated heterocycles. The second-order valence-electron chi connectivity index (χ2n) is 7.71. The van der Waals surface area contributed by atoms with E-state index < -0.39 is 11.7 Å². The Morgan fingerprint density at radius 2 is 1.72 bits per heavy atom. The highest BCUT2D eigenvalue weighted by Gasteiger charge is 2.41. The summed E-state index contributed by atoms with van der Waals surface area (Å²) < 4.78 is 23.1. The van der Waals surface area contributed by atoms with Crippen LogP contribution in [0.15, 0.2) is 40.9 Å². The molecule has 2 aromatic carbocycles. The van der Waals surface area contributed by atoms with Crippen molar-refractivity contribution >= 4 is 46.4 Å². The number of fused-ring (bicyclic) bond motifs is 1. The van der Waals surface area contributed by atoms with Gasteiger partial charge in [0.1, 0.15) is 28.6 Å². The Bertz CT molecular complexity index is 950. The summed E-state index contributed by atoms with van der Waals surface area (Å²) in [4.78, 5) is 0. The number of halogens is 4. The number of rotatable bonds is 10. The molecule has 5 nitrogen and oxygen atoms in total. The van der Waals surface area contributed by atoms with Crippen LogP contribution < -0.4 is 18.9 Å². The van der Waals surface area contributed by atoms with Crippen LogP contribution >= 0.6 is 46.4 Å². The first kappa shape index (κ1) is 25.1. The molecule has 0 amide bonds. The number of unbranched alkanes of at least 4 members (excludes halogenated alkanes) is 1. The van der Waals surface area contributed by atoms with Gasteiger partial charge >= 0.3 is 0 Å². The van der Waals surface area contributed by atoms with Crippen LogP contribution in [0.25, 0.3) is 0 Å². The quantitative estimate of drug-likeness (QED) is 0.337. The zero-order chi connectivity index (χ0) is 23.3. The van der Waals surface area contributed by atoms with Crippen molar-refractivity contribution in [1.29, 1.82) is 0 Å². The Morgan fingerprint density at radius 3 is 2.38 bits per heavy atom. The maximum absolute atomic E-state index is 10.4. The largest absolute Gasteiger partial charge is 0.490 e. The van der Waals surface area contributed by atoms with Gasteiger partial charge in [0.25, 0.3) is 0 Å². The first-order chi connectivity index (χ1) is 15.2. The molecule has 174 valence electrons. The Hall–Kier alpha value is -1.50. The molecule has 1 N–H and O–H groups in total. The maximum Gasteiger partial charge on any atom is 0.168 e. The van der Waals surface area contributed by atoms with Gasteiger partial charge in [0.2, 0.25) is 0 Å². The van der Waals surface area contributed by atoms with E-state index in [1.807, 2.05) is 32.0 Å². The number of para-hydroxylation sites is 1. The SMILES string of the molecule is CC1(C)Oc2c(OCCCCOc3c(Cl)cc(OCC=C(Cl)Cl)cc3Cl)cccc2C1O. The number of ether oxygens (including phenoxy) is 4. The van der Waals surface area contributed by atoms with Crippen molar-refractivity contribution < 1.29 is 24.1 Å². The topological polar surface area (TPSA) is 57.2 Å². The number of hydrogen-bond donors (Lipinski definition) is 1. The predicted octanol–water partition coefficient (Wildman–Crippen LogP) is 7.13. The van der Waals surface area contributed by atoms with Gasteiger partial charge in [-0.1, -0.05) is 58.5 Å². The molecule has 0 aromatic heterocycles. The lowest BCUT2D eigenvalue weighted by atomic mass is 9.98. The first-order valence-electron chi connectivity index (χ1n) is 10.1. The van der Waals surface area contributed by atoms with Gasteiger partial charge in [-0.25, -0.2) is 0 Å². The number of benzene rings is 2. The molecule has 9 heteroatoms. The van der Waals surface area contributed by atoms with Crippen molar-refractivity contribution in [2.45, 2.75) is 38.4 Å². The van der Waals surface area contributed by atoms with Crippen molar-refractivity contribution in [3.05, 3.63) is 56.5 Å². The maximum atomic E-state index is 10.4. The standard InChI is InChI=1S/C23H24Cl4O5/c1-23(2)22(28)15-6-5-7-18(20(15)32-23)30-9-3-4-10-31-21-16(24)12-14(13-17(21)25)29-11-8-19(26)27/h5-8,12-13,22,28H,3-4,9-11H2,1-2H3. The minimum atomic E-state index is -0.685. The molecule has 0 bridgehead atoms. The Morgan fingerprint density at radius 1 is 1.06 bits per heavy atom. The number of aliphatic hydroxyl groups excluding tert-OH is 1. The van der Waals surface area contributed by atoms with Gasteiger partial charge in [0, 0.05) is 17.7 Å². The van der Waals surface area contributed by atoms with Crippen molar-refractivity contribution in [2.75, 3.05) is 19.8 Å². The fourth-order valence-corrected chi connectivity index (χ4v) is 3.89. The molecule has 32 heavy (non-hydrogen) atoms. The van der Waals surface area contributed by atoms with E-state index in [4.69, 9.17) is 65.4 Å². The fourth-order valence-electron chi connectivity index (χ4n) is 3.18. The van der Waals surface area contributed by atoms with E-state index in [1.165, 1.54) is 6.08 Å². The smallest absolute Gasteiger partial charge is 0.168 e. The molecular weight excluding hydrogens is 498 g/mol. The predicted molar refractivity (Wildman–Crippen MR) is 128 cm³/mol. The van der Waals surface area contributed by atoms with Gasteiger partial charge in [-0.15, -0.1) is 0 Å². The van der Waals surface area contributed by atoms with Crippen LogP contribution in [0, 0.1) is 0 Å². The van der Waals surface area contributed by atoms with Gasteiger partial charge in [-0.3, -0.25) is 0 Å². The molecule has 1 aliphatic heterocycles. The molecule has 1 atom stereocenters. The highest BCUT2D eigenvalue weighted by Crippen LogP contribution is 2.47. The van der Waals surface area contributed by atoms with Gasteiger partial charge < -0.3 is 24.1 Å². The minimum absolute atomic E-state index is 0.122. The number of hydrogen-bond acceptors (Lipinski definition) is 5. The molecule has 0 fully saturated rings. The third-order valence-electron chi connectivity index (χ3n) is 4.83. The van der Waals surface area contributed by atoms with Gasteiger partial charge in [0.15, 0.2) is 17.2 Å². The van der Waals surface area contributed by atoms with E-state index in [2.05, 4.69) is 0 Å². The lowest BCUT2D eigenvalue weighted by Gasteiger charge is -2.22. The lowest BCUT2D eigenvalue weighted by Crippen LogP contribution is -2.29. The fraction of sp³-hybridized carbons (Fsp3) is 0.391. The Kier molecular flexibility index (Phi) is 8.70. The molecule has 0 radical (unpaired) electrons. The zero-order valence-corrected chi connectivity index (χ0v) is 20.7. The molecule has 1 heterocycles. The van der Waals surface area contributed by atoms with Crippen LogP contribution in [0.1, 0.15) is 38.4 Å². The van der Waals surface area contributed by atoms with E-state index in [9.17, 15) is 5.11 Å². The third kappa shape index (κ3) is 6.30. The van der Waals surface area contributed by atoms with Crippen LogP contribution in [0.3, 0.4) is 0 Å². The van der Waals surface area contributed by atoms with Crippen LogP contribution in [0.4, 0.5) is 0 Å². The summed E-state index contributed by atoms with van der Waals surface area (Å²) >= 11 is 23.6. The molecule has 0 spiro atoms. The van der Waals surface area contributed by atoms with Crippen LogP contribution in [-0.4, -0.2) is 30.5 Å². The van der Waals surface area contributed by atoms with Gasteiger partial charge in [0.05, 0.1) is 23.3 Å². The van der Waals surface area contributed by atoms with Crippen molar-refractivity contribution in [2.24, 2.45) is 0 Å². The van der Waals surface area contributed by atoms with E-state index in [1.54, 1.807) is 12.1 Å². The summed E-state index contributed by atoms with van der Waals surface area (Å²) in [6.45, 7) is 4.79. The Balaban J connectivity index is 1.45. The van der Waals surface area contributed by atoms with E-state index in [0.717, 1.165) is 18.4 Å². The van der Waals surface area contributed by atoms with Crippen molar-refractivity contribution in [3.8, 4) is 23.0 Å².